The molecule has 0 amide bonds. The fourth-order valence-corrected chi connectivity index (χ4v) is 1.73. The summed E-state index contributed by atoms with van der Waals surface area (Å²) in [6.45, 7) is 2.67. The summed E-state index contributed by atoms with van der Waals surface area (Å²) in [5.41, 5.74) is -0.527. The summed E-state index contributed by atoms with van der Waals surface area (Å²) in [5.74, 6) is -1.96. The molecule has 124 valence electrons. The average Bonchev–Trinajstić information content (AvgIpc) is 2.50. The van der Waals surface area contributed by atoms with Gasteiger partial charge in [-0.1, -0.05) is 6.92 Å². The van der Waals surface area contributed by atoms with Crippen LogP contribution in [0.15, 0.2) is 12.1 Å². The molecule has 1 unspecified atom stereocenters. The quantitative estimate of drug-likeness (QED) is 0.244. The third-order valence-electron chi connectivity index (χ3n) is 2.76. The minimum absolute atomic E-state index is 0.0876. The normalized spacial score (nSPS) is 11.3. The second kappa shape index (κ2) is 7.87. The van der Waals surface area contributed by atoms with Crippen molar-refractivity contribution < 1.29 is 33.5 Å². The summed E-state index contributed by atoms with van der Waals surface area (Å²) in [6.07, 6.45) is -0.689. The Kier molecular flexibility index (Phi) is 6.19. The van der Waals surface area contributed by atoms with Crippen LogP contribution in [0.4, 0.5) is 5.69 Å². The van der Waals surface area contributed by atoms with Crippen LogP contribution in [0.1, 0.15) is 30.6 Å². The van der Waals surface area contributed by atoms with Gasteiger partial charge in [-0.3, -0.25) is 19.7 Å². The minimum atomic E-state index is -1.17. The van der Waals surface area contributed by atoms with E-state index in [9.17, 15) is 24.5 Å². The van der Waals surface area contributed by atoms with Gasteiger partial charge in [0.2, 0.25) is 0 Å². The van der Waals surface area contributed by atoms with Gasteiger partial charge in [0.1, 0.15) is 0 Å². The first-order valence-corrected chi connectivity index (χ1v) is 6.54. The number of hydrogen-bond acceptors (Lipinski definition) is 8. The maximum absolute atomic E-state index is 11.8. The van der Waals surface area contributed by atoms with Crippen molar-refractivity contribution in [3.63, 3.8) is 0 Å². The Morgan fingerprint density at radius 3 is 2.48 bits per heavy atom. The maximum atomic E-state index is 11.8. The lowest BCUT2D eigenvalue weighted by Crippen LogP contribution is -2.30. The number of benzene rings is 1. The smallest absolute Gasteiger partial charge is 0.354 e. The van der Waals surface area contributed by atoms with Gasteiger partial charge in [0.25, 0.3) is 5.69 Å². The highest BCUT2D eigenvalue weighted by atomic mass is 16.6. The van der Waals surface area contributed by atoms with Crippen LogP contribution in [0, 0.1) is 10.1 Å². The highest BCUT2D eigenvalue weighted by Gasteiger charge is 2.26. The highest BCUT2D eigenvalue weighted by Crippen LogP contribution is 2.35. The Hall–Kier alpha value is -2.97. The van der Waals surface area contributed by atoms with Gasteiger partial charge in [0.05, 0.1) is 23.7 Å². The zero-order chi connectivity index (χ0) is 17.6. The van der Waals surface area contributed by atoms with Crippen LogP contribution in [-0.4, -0.2) is 36.4 Å². The van der Waals surface area contributed by atoms with Gasteiger partial charge in [-0.05, 0) is 6.42 Å². The Labute approximate surface area is 131 Å². The molecule has 0 heterocycles. The maximum Gasteiger partial charge on any atom is 0.354 e. The predicted molar refractivity (Wildman–Crippen MR) is 76.5 cm³/mol. The number of nitrogens with zero attached hydrogens (tertiary/aromatic N) is 1. The average molecular weight is 325 g/mol. The molecule has 23 heavy (non-hydrogen) atoms. The van der Waals surface area contributed by atoms with Crippen LogP contribution in [0.25, 0.3) is 0 Å². The molecule has 1 aromatic carbocycles. The molecule has 9 nitrogen and oxygen atoms in total. The van der Waals surface area contributed by atoms with E-state index in [1.165, 1.54) is 7.11 Å². The molecule has 1 aromatic rings. The van der Waals surface area contributed by atoms with Gasteiger partial charge in [-0.15, -0.1) is 0 Å². The summed E-state index contributed by atoms with van der Waals surface area (Å²) in [4.78, 5) is 43.9. The van der Waals surface area contributed by atoms with Crippen LogP contribution in [0.3, 0.4) is 0 Å². The Bertz CT molecular complexity index is 640. The standard InChI is InChI=1S/C14H15NO8/c1-4-11(14(18)22-8(2)17)23-13-9(7-16)5-10(15(19)20)6-12(13)21-3/h5-7,11H,4H2,1-3H3. The fourth-order valence-electron chi connectivity index (χ4n) is 1.73. The molecular formula is C14H15NO8. The number of carbonyl (C=O) groups is 3. The summed E-state index contributed by atoms with van der Waals surface area (Å²) < 4.78 is 14.8. The van der Waals surface area contributed by atoms with E-state index in [4.69, 9.17) is 9.47 Å². The van der Waals surface area contributed by atoms with Gasteiger partial charge < -0.3 is 14.2 Å². The van der Waals surface area contributed by atoms with Gasteiger partial charge in [0, 0.05) is 13.0 Å². The van der Waals surface area contributed by atoms with E-state index in [0.717, 1.165) is 19.1 Å². The lowest BCUT2D eigenvalue weighted by molar-refractivity contribution is -0.385. The number of esters is 2. The number of carbonyl (C=O) groups excluding carboxylic acids is 3. The summed E-state index contributed by atoms with van der Waals surface area (Å²) in [6, 6.07) is 2.05. The second-order valence-electron chi connectivity index (χ2n) is 4.37. The molecule has 0 saturated carbocycles. The Morgan fingerprint density at radius 1 is 1.39 bits per heavy atom. The number of ether oxygens (including phenoxy) is 3. The number of hydrogen-bond donors (Lipinski definition) is 0. The zero-order valence-electron chi connectivity index (χ0n) is 12.7. The third-order valence-corrected chi connectivity index (χ3v) is 2.76. The lowest BCUT2D eigenvalue weighted by atomic mass is 10.1. The summed E-state index contributed by atoms with van der Waals surface area (Å²) in [5, 5.41) is 10.8. The van der Waals surface area contributed by atoms with Crippen molar-refractivity contribution in [3.8, 4) is 11.5 Å². The molecule has 0 aliphatic carbocycles. The number of rotatable bonds is 7. The molecule has 0 aromatic heterocycles. The molecule has 0 aliphatic rings. The minimum Gasteiger partial charge on any atom is -0.493 e. The largest absolute Gasteiger partial charge is 0.493 e. The summed E-state index contributed by atoms with van der Waals surface area (Å²) >= 11 is 0. The van der Waals surface area contributed by atoms with E-state index in [1.54, 1.807) is 6.92 Å². The van der Waals surface area contributed by atoms with Crippen molar-refractivity contribution in [1.29, 1.82) is 0 Å². The van der Waals surface area contributed by atoms with Crippen molar-refractivity contribution >= 4 is 23.9 Å². The van der Waals surface area contributed by atoms with Crippen molar-refractivity contribution in [2.75, 3.05) is 7.11 Å². The number of nitro benzene ring substituents is 1. The zero-order valence-corrected chi connectivity index (χ0v) is 12.7. The van der Waals surface area contributed by atoms with Crippen LogP contribution in [0.2, 0.25) is 0 Å². The second-order valence-corrected chi connectivity index (χ2v) is 4.37. The van der Waals surface area contributed by atoms with Crippen LogP contribution < -0.4 is 9.47 Å². The van der Waals surface area contributed by atoms with E-state index in [2.05, 4.69) is 4.74 Å². The molecule has 0 spiro atoms. The fraction of sp³-hybridized carbons (Fsp3) is 0.357. The first kappa shape index (κ1) is 18.1. The Balaban J connectivity index is 3.24. The SMILES string of the molecule is CCC(Oc1c(C=O)cc([N+](=O)[O-])cc1OC)C(=O)OC(C)=O. The monoisotopic (exact) mass is 325 g/mol. The predicted octanol–water partition coefficient (Wildman–Crippen LogP) is 1.66. The lowest BCUT2D eigenvalue weighted by Gasteiger charge is -2.18. The van der Waals surface area contributed by atoms with Gasteiger partial charge in [0.15, 0.2) is 23.9 Å². The molecular weight excluding hydrogens is 310 g/mol. The molecule has 0 N–H and O–H groups in total. The molecule has 9 heteroatoms. The molecule has 0 radical (unpaired) electrons. The molecule has 0 aliphatic heterocycles. The number of aldehydes is 1. The molecule has 1 atom stereocenters. The van der Waals surface area contributed by atoms with E-state index in [-0.39, 0.29) is 29.2 Å². The summed E-state index contributed by atoms with van der Waals surface area (Å²) in [7, 11) is 1.23. The Morgan fingerprint density at radius 2 is 2.04 bits per heavy atom. The van der Waals surface area contributed by atoms with E-state index in [1.807, 2.05) is 0 Å². The number of methoxy groups -OCH3 is 1. The molecule has 0 bridgehead atoms. The molecule has 1 rings (SSSR count). The first-order chi connectivity index (χ1) is 10.8. The highest BCUT2D eigenvalue weighted by molar-refractivity contribution is 5.88. The molecule has 0 fully saturated rings. The van der Waals surface area contributed by atoms with Crippen molar-refractivity contribution in [2.45, 2.75) is 26.4 Å². The number of nitro groups is 1. The van der Waals surface area contributed by atoms with Crippen molar-refractivity contribution in [1.82, 2.24) is 0 Å². The van der Waals surface area contributed by atoms with E-state index in [0.29, 0.717) is 6.29 Å². The van der Waals surface area contributed by atoms with Gasteiger partial charge >= 0.3 is 11.9 Å². The van der Waals surface area contributed by atoms with Gasteiger partial charge in [-0.2, -0.15) is 0 Å². The number of non-ortho nitro benzene ring substituents is 1. The topological polar surface area (TPSA) is 122 Å². The first-order valence-electron chi connectivity index (χ1n) is 6.54. The molecule has 0 saturated heterocycles. The van der Waals surface area contributed by atoms with Crippen LogP contribution in [-0.2, 0) is 14.3 Å². The van der Waals surface area contributed by atoms with E-state index < -0.39 is 23.0 Å². The van der Waals surface area contributed by atoms with Crippen molar-refractivity contribution in [2.24, 2.45) is 0 Å². The van der Waals surface area contributed by atoms with Crippen LogP contribution in [0.5, 0.6) is 11.5 Å². The van der Waals surface area contributed by atoms with Crippen LogP contribution >= 0.6 is 0 Å². The third kappa shape index (κ3) is 4.50. The van der Waals surface area contributed by atoms with E-state index >= 15 is 0 Å². The van der Waals surface area contributed by atoms with Gasteiger partial charge in [-0.25, -0.2) is 4.79 Å². The van der Waals surface area contributed by atoms with Crippen molar-refractivity contribution in [3.05, 3.63) is 27.8 Å².